The highest BCUT2D eigenvalue weighted by Crippen LogP contribution is 2.01. The van der Waals surface area contributed by atoms with Crippen LogP contribution in [0.4, 0.5) is 0 Å². The minimum absolute atomic E-state index is 0.540. The van der Waals surface area contributed by atoms with Crippen molar-refractivity contribution >= 4 is 12.0 Å². The van der Waals surface area contributed by atoms with Crippen LogP contribution in [0.25, 0.3) is 0 Å². The molecule has 0 atom stereocenters. The van der Waals surface area contributed by atoms with E-state index in [0.717, 1.165) is 0 Å². The van der Waals surface area contributed by atoms with Gasteiger partial charge in [-0.05, 0) is 7.05 Å². The molecule has 1 N–H and O–H groups in total. The van der Waals surface area contributed by atoms with Crippen molar-refractivity contribution in [3.63, 3.8) is 0 Å². The fourth-order valence-corrected chi connectivity index (χ4v) is 0.631. The lowest BCUT2D eigenvalue weighted by atomic mass is 11.1. The first kappa shape index (κ1) is 8.81. The molecule has 0 aliphatic rings. The second kappa shape index (κ2) is 7.81. The molecule has 0 aromatic rings. The number of hydrogen-bond donors (Lipinski definition) is 1. The summed E-state index contributed by atoms with van der Waals surface area (Å²) in [5.41, 5.74) is 0. The van der Waals surface area contributed by atoms with Gasteiger partial charge in [-0.2, -0.15) is 0 Å². The fourth-order valence-electron chi connectivity index (χ4n) is 0.210. The summed E-state index contributed by atoms with van der Waals surface area (Å²) in [5.74, 6) is 0. The summed E-state index contributed by atoms with van der Waals surface area (Å²) in [6.45, 7) is 0.540. The van der Waals surface area contributed by atoms with Gasteiger partial charge in [0.1, 0.15) is 6.73 Å². The van der Waals surface area contributed by atoms with E-state index in [0.29, 0.717) is 6.73 Å². The molecule has 0 amide bonds. The second-order valence-corrected chi connectivity index (χ2v) is 1.92. The van der Waals surface area contributed by atoms with Crippen LogP contribution in [0.5, 0.6) is 0 Å². The zero-order valence-corrected chi connectivity index (χ0v) is 6.40. The quantitative estimate of drug-likeness (QED) is 0.273. The van der Waals surface area contributed by atoms with E-state index >= 15 is 0 Å². The van der Waals surface area contributed by atoms with Gasteiger partial charge in [0, 0.05) is 17.5 Å². The number of nitrogens with one attached hydrogen (secondary N) is 1. The van der Waals surface area contributed by atoms with Crippen LogP contribution in [0.2, 0.25) is 0 Å². The third-order valence-electron chi connectivity index (χ3n) is 0.518. The predicted octanol–water partition coefficient (Wildman–Crippen LogP) is 0.946. The van der Waals surface area contributed by atoms with Crippen LogP contribution in [0.3, 0.4) is 0 Å². The van der Waals surface area contributed by atoms with Gasteiger partial charge in [-0.15, -0.1) is 0 Å². The van der Waals surface area contributed by atoms with E-state index in [1.165, 1.54) is 12.0 Å². The summed E-state index contributed by atoms with van der Waals surface area (Å²) >= 11 is 1.23. The summed E-state index contributed by atoms with van der Waals surface area (Å²) in [6, 6.07) is 0. The first-order valence-electron chi connectivity index (χ1n) is 2.52. The van der Waals surface area contributed by atoms with Crippen molar-refractivity contribution in [1.82, 2.24) is 5.32 Å². The van der Waals surface area contributed by atoms with Crippen molar-refractivity contribution in [2.75, 3.05) is 20.9 Å². The Balaban J connectivity index is 2.82. The normalized spacial score (nSPS) is 10.4. The lowest BCUT2D eigenvalue weighted by Crippen LogP contribution is -2.07. The molecule has 0 rings (SSSR count). The van der Waals surface area contributed by atoms with Gasteiger partial charge in [-0.1, -0.05) is 0 Å². The first-order valence-corrected chi connectivity index (χ1v) is 3.33. The minimum atomic E-state index is 0.540. The average molecular weight is 149 g/mol. The number of hydrogen-bond acceptors (Lipinski definition) is 4. The number of ether oxygens (including phenoxy) is 1. The molecule has 0 bridgehead atoms. The van der Waals surface area contributed by atoms with Gasteiger partial charge in [-0.25, -0.2) is 0 Å². The molecule has 0 aromatic carbocycles. The van der Waals surface area contributed by atoms with E-state index < -0.39 is 0 Å². The summed E-state index contributed by atoms with van der Waals surface area (Å²) in [7, 11) is 3.41. The molecule has 0 aliphatic heterocycles. The lowest BCUT2D eigenvalue weighted by Gasteiger charge is -1.94. The standard InChI is InChI=1S/C5H11NO2S/c1-6-5-8-9-4-3-7-2/h3-4,6H,5H2,1-2H3/b4-3-. The van der Waals surface area contributed by atoms with Gasteiger partial charge >= 0.3 is 0 Å². The molecular formula is C5H11NO2S. The van der Waals surface area contributed by atoms with Gasteiger partial charge in [0.15, 0.2) is 0 Å². The van der Waals surface area contributed by atoms with E-state index in [4.69, 9.17) is 4.18 Å². The Morgan fingerprint density at radius 3 is 3.00 bits per heavy atom. The Labute approximate surface area is 59.6 Å². The predicted molar refractivity (Wildman–Crippen MR) is 38.8 cm³/mol. The molecule has 0 heterocycles. The van der Waals surface area contributed by atoms with Crippen LogP contribution in [-0.2, 0) is 8.92 Å². The molecule has 9 heavy (non-hydrogen) atoms. The van der Waals surface area contributed by atoms with Crippen LogP contribution < -0.4 is 5.32 Å². The molecule has 0 fully saturated rings. The highest BCUT2D eigenvalue weighted by atomic mass is 32.2. The summed E-state index contributed by atoms with van der Waals surface area (Å²) < 4.78 is 9.54. The van der Waals surface area contributed by atoms with Gasteiger partial charge in [0.05, 0.1) is 13.4 Å². The summed E-state index contributed by atoms with van der Waals surface area (Å²) in [6.07, 6.45) is 1.56. The van der Waals surface area contributed by atoms with Crippen LogP contribution >= 0.6 is 12.0 Å². The largest absolute Gasteiger partial charge is 0.504 e. The molecule has 0 radical (unpaired) electrons. The average Bonchev–Trinajstić information content (AvgIpc) is 1.89. The molecule has 0 aromatic heterocycles. The summed E-state index contributed by atoms with van der Waals surface area (Å²) in [4.78, 5) is 0. The van der Waals surface area contributed by atoms with Crippen molar-refractivity contribution in [2.45, 2.75) is 0 Å². The van der Waals surface area contributed by atoms with Crippen LogP contribution in [0, 0.1) is 0 Å². The van der Waals surface area contributed by atoms with Crippen molar-refractivity contribution in [1.29, 1.82) is 0 Å². The Morgan fingerprint density at radius 1 is 1.67 bits per heavy atom. The fraction of sp³-hybridized carbons (Fsp3) is 0.600. The maximum absolute atomic E-state index is 4.92. The third-order valence-corrected chi connectivity index (χ3v) is 0.995. The zero-order chi connectivity index (χ0) is 6.95. The lowest BCUT2D eigenvalue weighted by molar-refractivity contribution is 0.335. The summed E-state index contributed by atoms with van der Waals surface area (Å²) in [5, 5.41) is 4.55. The molecule has 0 saturated carbocycles. The van der Waals surface area contributed by atoms with Gasteiger partial charge in [0.25, 0.3) is 0 Å². The molecule has 0 saturated heterocycles. The number of rotatable bonds is 5. The van der Waals surface area contributed by atoms with Gasteiger partial charge < -0.3 is 4.74 Å². The third kappa shape index (κ3) is 7.81. The van der Waals surface area contributed by atoms with E-state index in [1.54, 1.807) is 18.8 Å². The van der Waals surface area contributed by atoms with Crippen LogP contribution in [0.15, 0.2) is 11.7 Å². The van der Waals surface area contributed by atoms with Crippen molar-refractivity contribution in [3.8, 4) is 0 Å². The van der Waals surface area contributed by atoms with Gasteiger partial charge in [0.2, 0.25) is 0 Å². The topological polar surface area (TPSA) is 30.5 Å². The monoisotopic (exact) mass is 149 g/mol. The van der Waals surface area contributed by atoms with Crippen molar-refractivity contribution in [2.24, 2.45) is 0 Å². The smallest absolute Gasteiger partial charge is 0.112 e. The first-order chi connectivity index (χ1) is 4.41. The molecule has 0 aliphatic carbocycles. The minimum Gasteiger partial charge on any atom is -0.504 e. The Morgan fingerprint density at radius 2 is 2.44 bits per heavy atom. The highest BCUT2D eigenvalue weighted by molar-refractivity contribution is 7.97. The maximum atomic E-state index is 4.92. The van der Waals surface area contributed by atoms with Crippen LogP contribution in [0.1, 0.15) is 0 Å². The Kier molecular flexibility index (Phi) is 7.65. The van der Waals surface area contributed by atoms with Crippen molar-refractivity contribution in [3.05, 3.63) is 11.7 Å². The zero-order valence-electron chi connectivity index (χ0n) is 5.59. The van der Waals surface area contributed by atoms with Crippen molar-refractivity contribution < 1.29 is 8.92 Å². The molecule has 0 unspecified atom stereocenters. The number of methoxy groups -OCH3 is 1. The molecular weight excluding hydrogens is 138 g/mol. The Bertz CT molecular complexity index is 77.4. The van der Waals surface area contributed by atoms with E-state index in [9.17, 15) is 0 Å². The molecule has 0 spiro atoms. The molecule has 54 valence electrons. The maximum Gasteiger partial charge on any atom is 0.112 e. The van der Waals surface area contributed by atoms with E-state index in [1.807, 2.05) is 7.05 Å². The highest BCUT2D eigenvalue weighted by Gasteiger charge is 1.77. The Hall–Kier alpha value is -0.190. The van der Waals surface area contributed by atoms with E-state index in [-0.39, 0.29) is 0 Å². The molecule has 3 nitrogen and oxygen atoms in total. The SMILES string of the molecule is CNCOS/C=C\OC. The van der Waals surface area contributed by atoms with Gasteiger partial charge in [-0.3, -0.25) is 9.50 Å². The molecule has 4 heteroatoms. The second-order valence-electron chi connectivity index (χ2n) is 1.22. The van der Waals surface area contributed by atoms with E-state index in [2.05, 4.69) is 10.1 Å². The van der Waals surface area contributed by atoms with Crippen LogP contribution in [-0.4, -0.2) is 20.9 Å².